The molecule has 214 valence electrons. The number of hydrogen-bond acceptors (Lipinski definition) is 7. The second-order valence-corrected chi connectivity index (χ2v) is 13.3. The largest absolute Gasteiger partial charge is 0.460 e. The number of rotatable bonds is 6. The minimum absolute atomic E-state index is 0.0938. The van der Waals surface area contributed by atoms with Crippen LogP contribution in [0.15, 0.2) is 23.8 Å². The number of carbonyl (C=O) groups is 2. The van der Waals surface area contributed by atoms with E-state index in [2.05, 4.69) is 40.3 Å². The molecular weight excluding hydrogens is 484 g/mol. The molecule has 1 aliphatic heterocycles. The van der Waals surface area contributed by atoms with Crippen molar-refractivity contribution in [1.29, 1.82) is 0 Å². The predicted octanol–water partition coefficient (Wildman–Crippen LogP) is 4.33. The molecule has 2 saturated carbocycles. The maximum Gasteiger partial charge on any atom is 0.338 e. The van der Waals surface area contributed by atoms with Crippen LogP contribution in [0.3, 0.4) is 0 Å². The first-order valence-corrected chi connectivity index (χ1v) is 14.6. The lowest BCUT2D eigenvalue weighted by Gasteiger charge is -2.54. The number of cyclic esters (lactones) is 1. The summed E-state index contributed by atoms with van der Waals surface area (Å²) in [6.07, 6.45) is 3.42. The van der Waals surface area contributed by atoms with Gasteiger partial charge in [-0.2, -0.15) is 0 Å². The van der Waals surface area contributed by atoms with E-state index in [1.807, 2.05) is 6.92 Å². The molecule has 11 atom stereocenters. The van der Waals surface area contributed by atoms with E-state index in [9.17, 15) is 24.9 Å². The maximum absolute atomic E-state index is 12.8. The monoisotopic (exact) mass is 532 g/mol. The molecule has 7 nitrogen and oxygen atoms in total. The van der Waals surface area contributed by atoms with E-state index >= 15 is 0 Å². The third kappa shape index (κ3) is 4.77. The summed E-state index contributed by atoms with van der Waals surface area (Å²) < 4.78 is 11.4. The topological polar surface area (TPSA) is 113 Å². The van der Waals surface area contributed by atoms with E-state index in [1.54, 1.807) is 6.92 Å². The van der Waals surface area contributed by atoms with E-state index in [4.69, 9.17) is 9.47 Å². The molecule has 0 radical (unpaired) electrons. The summed E-state index contributed by atoms with van der Waals surface area (Å²) in [4.78, 5) is 25.3. The van der Waals surface area contributed by atoms with Crippen LogP contribution < -0.4 is 0 Å². The summed E-state index contributed by atoms with van der Waals surface area (Å²) in [5.41, 5.74) is -0.100. The summed E-state index contributed by atoms with van der Waals surface area (Å²) >= 11 is 0. The molecular formula is C31H48O7. The molecule has 3 fully saturated rings. The van der Waals surface area contributed by atoms with Gasteiger partial charge in [0.05, 0.1) is 0 Å². The normalized spacial score (nSPS) is 45.1. The Labute approximate surface area is 227 Å². The first-order chi connectivity index (χ1) is 17.8. The molecule has 1 saturated heterocycles. The number of allylic oxidation sites excluding steroid dienone is 2. The van der Waals surface area contributed by atoms with Crippen molar-refractivity contribution in [2.75, 3.05) is 0 Å². The van der Waals surface area contributed by atoms with Crippen LogP contribution in [-0.4, -0.2) is 57.3 Å². The second-order valence-electron chi connectivity index (χ2n) is 13.3. The average molecular weight is 533 g/mol. The molecule has 0 bridgehead atoms. The predicted molar refractivity (Wildman–Crippen MR) is 144 cm³/mol. The minimum Gasteiger partial charge on any atom is -0.460 e. The number of fused-ring (bicyclic) bond motifs is 3. The summed E-state index contributed by atoms with van der Waals surface area (Å²) in [6.45, 7) is 16.9. The van der Waals surface area contributed by atoms with Crippen molar-refractivity contribution >= 4 is 11.9 Å². The molecule has 0 aromatic rings. The first kappa shape index (κ1) is 29.3. The number of ether oxygens (including phenoxy) is 2. The Bertz CT molecular complexity index is 971. The van der Waals surface area contributed by atoms with E-state index in [1.165, 1.54) is 5.57 Å². The van der Waals surface area contributed by atoms with Crippen LogP contribution in [0.25, 0.3) is 0 Å². The van der Waals surface area contributed by atoms with Gasteiger partial charge in [0.15, 0.2) is 12.2 Å². The fourth-order valence-electron chi connectivity index (χ4n) is 8.47. The quantitative estimate of drug-likeness (QED) is 0.345. The van der Waals surface area contributed by atoms with Gasteiger partial charge in [-0.15, -0.1) is 0 Å². The average Bonchev–Trinajstić information content (AvgIpc) is 3.14. The van der Waals surface area contributed by atoms with Gasteiger partial charge in [0.25, 0.3) is 0 Å². The van der Waals surface area contributed by atoms with Gasteiger partial charge in [-0.05, 0) is 80.6 Å². The summed E-state index contributed by atoms with van der Waals surface area (Å²) in [5, 5.41) is 33.3. The highest BCUT2D eigenvalue weighted by molar-refractivity contribution is 5.78. The van der Waals surface area contributed by atoms with Gasteiger partial charge in [-0.25, -0.2) is 9.59 Å². The van der Waals surface area contributed by atoms with Crippen molar-refractivity contribution in [1.82, 2.24) is 0 Å². The molecule has 38 heavy (non-hydrogen) atoms. The standard InChI is InChI=1S/C31H48O7/c1-8-9-10-24(32)28(34)38-25-15-30(7)14-21-17(4)11-12-22-19(6)37-29(35)27(33)31(22,36)18(5)20(21)13-23(30)26(25)16(2)3/h11,16,19-27,32-33,36H,5,8-10,12-15H2,1-4,6-7H3/b17-11-. The molecule has 3 N–H and O–H groups in total. The van der Waals surface area contributed by atoms with Gasteiger partial charge in [0.2, 0.25) is 0 Å². The molecule has 7 heteroatoms. The number of esters is 2. The van der Waals surface area contributed by atoms with E-state index in [0.717, 1.165) is 32.1 Å². The lowest BCUT2D eigenvalue weighted by atomic mass is 9.53. The second kappa shape index (κ2) is 10.7. The third-order valence-corrected chi connectivity index (χ3v) is 10.6. The SMILES string of the molecule is C=C1C2CC3C(C(C)C)C(OC(=O)C(O)CCCC)CC3(C)CC2/C(C)=C\CC2C(C)OC(=O)C(O)C12O. The Hall–Kier alpha value is -1.70. The van der Waals surface area contributed by atoms with Gasteiger partial charge in [-0.1, -0.05) is 58.8 Å². The van der Waals surface area contributed by atoms with E-state index in [0.29, 0.717) is 18.4 Å². The van der Waals surface area contributed by atoms with Crippen LogP contribution in [0.5, 0.6) is 0 Å². The van der Waals surface area contributed by atoms with Crippen molar-refractivity contribution in [3.8, 4) is 0 Å². The zero-order valence-corrected chi connectivity index (χ0v) is 24.0. The summed E-state index contributed by atoms with van der Waals surface area (Å²) in [5.74, 6) is -1.30. The van der Waals surface area contributed by atoms with Crippen LogP contribution in [0, 0.1) is 40.9 Å². The summed E-state index contributed by atoms with van der Waals surface area (Å²) in [7, 11) is 0. The Balaban J connectivity index is 1.67. The minimum atomic E-state index is -1.76. The van der Waals surface area contributed by atoms with Crippen LogP contribution in [0.2, 0.25) is 0 Å². The smallest absolute Gasteiger partial charge is 0.338 e. The molecule has 4 aliphatic rings. The van der Waals surface area contributed by atoms with Crippen molar-refractivity contribution in [3.63, 3.8) is 0 Å². The molecule has 0 aromatic carbocycles. The third-order valence-electron chi connectivity index (χ3n) is 10.6. The van der Waals surface area contributed by atoms with Gasteiger partial charge in [-0.3, -0.25) is 0 Å². The van der Waals surface area contributed by atoms with Crippen molar-refractivity contribution in [3.05, 3.63) is 23.8 Å². The van der Waals surface area contributed by atoms with Crippen LogP contribution in [0.4, 0.5) is 0 Å². The van der Waals surface area contributed by atoms with Crippen molar-refractivity contribution in [2.24, 2.45) is 40.9 Å². The van der Waals surface area contributed by atoms with Crippen LogP contribution in [-0.2, 0) is 19.1 Å². The number of unbranched alkanes of at least 4 members (excludes halogenated alkanes) is 1. The highest BCUT2D eigenvalue weighted by Gasteiger charge is 2.62. The highest BCUT2D eigenvalue weighted by atomic mass is 16.6. The van der Waals surface area contributed by atoms with Crippen molar-refractivity contribution < 1.29 is 34.4 Å². The molecule has 1 heterocycles. The lowest BCUT2D eigenvalue weighted by molar-refractivity contribution is -0.209. The lowest BCUT2D eigenvalue weighted by Crippen LogP contribution is -2.63. The maximum atomic E-state index is 12.8. The van der Waals surface area contributed by atoms with Crippen molar-refractivity contribution in [2.45, 2.75) is 117 Å². The highest BCUT2D eigenvalue weighted by Crippen LogP contribution is 2.63. The van der Waals surface area contributed by atoms with Gasteiger partial charge >= 0.3 is 11.9 Å². The molecule has 0 amide bonds. The van der Waals surface area contributed by atoms with Crippen LogP contribution in [0.1, 0.15) is 86.5 Å². The zero-order valence-electron chi connectivity index (χ0n) is 24.0. The Morgan fingerprint density at radius 3 is 2.58 bits per heavy atom. The zero-order chi connectivity index (χ0) is 28.2. The van der Waals surface area contributed by atoms with E-state index in [-0.39, 0.29) is 41.1 Å². The Kier molecular flexibility index (Phi) is 8.25. The molecule has 3 aliphatic carbocycles. The van der Waals surface area contributed by atoms with Crippen LogP contribution >= 0.6 is 0 Å². The number of carbonyl (C=O) groups excluding carboxylic acids is 2. The fourth-order valence-corrected chi connectivity index (χ4v) is 8.47. The molecule has 11 unspecified atom stereocenters. The van der Waals surface area contributed by atoms with Gasteiger partial charge in [0, 0.05) is 11.8 Å². The Morgan fingerprint density at radius 2 is 1.95 bits per heavy atom. The fraction of sp³-hybridized carbons (Fsp3) is 0.806. The van der Waals surface area contributed by atoms with Gasteiger partial charge in [0.1, 0.15) is 17.8 Å². The molecule has 4 rings (SSSR count). The molecule has 0 aromatic heterocycles. The first-order valence-electron chi connectivity index (χ1n) is 14.6. The Morgan fingerprint density at radius 1 is 1.26 bits per heavy atom. The van der Waals surface area contributed by atoms with E-state index < -0.39 is 41.8 Å². The number of aliphatic hydroxyl groups excluding tert-OH is 2. The molecule has 0 spiro atoms. The number of hydrogen-bond donors (Lipinski definition) is 3. The summed E-state index contributed by atoms with van der Waals surface area (Å²) in [6, 6.07) is 0. The van der Waals surface area contributed by atoms with Gasteiger partial charge < -0.3 is 24.8 Å². The number of aliphatic hydroxyl groups is 3.